The molecular formula is C16H17F2N3O2S. The highest BCUT2D eigenvalue weighted by molar-refractivity contribution is 7.09. The standard InChI is InChI=1S/C16H17F2N3O2S/c1-11-10-21(12-4-6-13(7-5-12)23-14(17)18)16(24-11)19-15(22)20-8-2-3-9-20/h4-7,10,14H,2-3,8-9H2,1H3. The van der Waals surface area contributed by atoms with Crippen LogP contribution in [0.2, 0.25) is 0 Å². The highest BCUT2D eigenvalue weighted by Crippen LogP contribution is 2.18. The van der Waals surface area contributed by atoms with Gasteiger partial charge in [-0.2, -0.15) is 13.8 Å². The summed E-state index contributed by atoms with van der Waals surface area (Å²) >= 11 is 1.41. The Labute approximate surface area is 141 Å². The van der Waals surface area contributed by atoms with Crippen LogP contribution in [0, 0.1) is 6.92 Å². The minimum Gasteiger partial charge on any atom is -0.435 e. The molecule has 24 heavy (non-hydrogen) atoms. The molecule has 3 rings (SSSR count). The first-order valence-corrected chi connectivity index (χ1v) is 8.42. The summed E-state index contributed by atoms with van der Waals surface area (Å²) in [6.07, 6.45) is 3.89. The lowest BCUT2D eigenvalue weighted by atomic mass is 10.3. The van der Waals surface area contributed by atoms with Gasteiger partial charge in [-0.05, 0) is 44.0 Å². The molecule has 0 unspecified atom stereocenters. The molecule has 0 atom stereocenters. The minimum absolute atomic E-state index is 0.0907. The molecule has 0 aliphatic carbocycles. The van der Waals surface area contributed by atoms with Gasteiger partial charge in [0, 0.05) is 29.9 Å². The van der Waals surface area contributed by atoms with Crippen molar-refractivity contribution >= 4 is 17.4 Å². The highest BCUT2D eigenvalue weighted by atomic mass is 32.1. The van der Waals surface area contributed by atoms with Crippen LogP contribution in [0.3, 0.4) is 0 Å². The van der Waals surface area contributed by atoms with Crippen LogP contribution in [0.4, 0.5) is 13.6 Å². The molecule has 1 aromatic carbocycles. The summed E-state index contributed by atoms with van der Waals surface area (Å²) in [5.74, 6) is 0.0907. The van der Waals surface area contributed by atoms with Gasteiger partial charge in [0.2, 0.25) is 0 Å². The lowest BCUT2D eigenvalue weighted by Gasteiger charge is -2.11. The summed E-state index contributed by atoms with van der Waals surface area (Å²) < 4.78 is 30.6. The van der Waals surface area contributed by atoms with Gasteiger partial charge in [0.15, 0.2) is 4.80 Å². The molecule has 8 heteroatoms. The first-order chi connectivity index (χ1) is 11.5. The molecule has 1 saturated heterocycles. The van der Waals surface area contributed by atoms with Crippen molar-refractivity contribution in [3.63, 3.8) is 0 Å². The van der Waals surface area contributed by atoms with E-state index in [1.807, 2.05) is 13.1 Å². The van der Waals surface area contributed by atoms with E-state index in [1.54, 1.807) is 21.6 Å². The van der Waals surface area contributed by atoms with E-state index in [4.69, 9.17) is 0 Å². The van der Waals surface area contributed by atoms with Gasteiger partial charge in [0.1, 0.15) is 5.75 Å². The van der Waals surface area contributed by atoms with E-state index in [0.717, 1.165) is 36.5 Å². The van der Waals surface area contributed by atoms with Crippen LogP contribution in [0.25, 0.3) is 5.69 Å². The monoisotopic (exact) mass is 353 g/mol. The van der Waals surface area contributed by atoms with Gasteiger partial charge < -0.3 is 9.64 Å². The number of benzene rings is 1. The normalized spacial score (nSPS) is 15.3. The van der Waals surface area contributed by atoms with Crippen molar-refractivity contribution in [3.8, 4) is 11.4 Å². The van der Waals surface area contributed by atoms with Crippen LogP contribution in [0.1, 0.15) is 17.7 Å². The van der Waals surface area contributed by atoms with Crippen molar-refractivity contribution in [2.45, 2.75) is 26.4 Å². The number of hydrogen-bond donors (Lipinski definition) is 0. The molecule has 0 saturated carbocycles. The van der Waals surface area contributed by atoms with Crippen LogP contribution in [0.5, 0.6) is 5.75 Å². The SMILES string of the molecule is Cc1cn(-c2ccc(OC(F)F)cc2)c(=NC(=O)N2CCCC2)s1. The van der Waals surface area contributed by atoms with E-state index in [-0.39, 0.29) is 11.8 Å². The number of alkyl halides is 2. The second-order valence-electron chi connectivity index (χ2n) is 5.46. The molecule has 1 aromatic heterocycles. The molecule has 0 bridgehead atoms. The maximum absolute atomic E-state index is 12.2. The Bertz CT molecular complexity index is 777. The third-order valence-corrected chi connectivity index (χ3v) is 4.58. The van der Waals surface area contributed by atoms with Crippen LogP contribution in [-0.4, -0.2) is 35.2 Å². The number of carbonyl (C=O) groups excluding carboxylic acids is 1. The summed E-state index contributed by atoms with van der Waals surface area (Å²) in [7, 11) is 0. The summed E-state index contributed by atoms with van der Waals surface area (Å²) in [5.41, 5.74) is 0.730. The average Bonchev–Trinajstić information content (AvgIpc) is 3.17. The lowest BCUT2D eigenvalue weighted by Crippen LogP contribution is -2.27. The second kappa shape index (κ2) is 7.12. The van der Waals surface area contributed by atoms with Crippen LogP contribution in [0.15, 0.2) is 35.5 Å². The molecule has 0 N–H and O–H groups in total. The van der Waals surface area contributed by atoms with Gasteiger partial charge >= 0.3 is 12.6 Å². The van der Waals surface area contributed by atoms with E-state index in [2.05, 4.69) is 9.73 Å². The zero-order valence-electron chi connectivity index (χ0n) is 13.1. The van der Waals surface area contributed by atoms with Gasteiger partial charge in [-0.25, -0.2) is 4.79 Å². The molecule has 2 amide bonds. The van der Waals surface area contributed by atoms with Crippen molar-refractivity contribution < 1.29 is 18.3 Å². The topological polar surface area (TPSA) is 46.8 Å². The van der Waals surface area contributed by atoms with Crippen LogP contribution >= 0.6 is 11.3 Å². The van der Waals surface area contributed by atoms with Crippen LogP contribution < -0.4 is 9.54 Å². The van der Waals surface area contributed by atoms with Gasteiger partial charge in [-0.1, -0.05) is 0 Å². The van der Waals surface area contributed by atoms with Crippen molar-refractivity contribution in [2.75, 3.05) is 13.1 Å². The van der Waals surface area contributed by atoms with E-state index in [1.165, 1.54) is 23.5 Å². The maximum Gasteiger partial charge on any atom is 0.387 e. The Kier molecular flexibility index (Phi) is 4.94. The number of hydrogen-bond acceptors (Lipinski definition) is 3. The van der Waals surface area contributed by atoms with E-state index >= 15 is 0 Å². The zero-order chi connectivity index (χ0) is 17.1. The third-order valence-electron chi connectivity index (χ3n) is 3.68. The van der Waals surface area contributed by atoms with Gasteiger partial charge in [-0.3, -0.25) is 4.57 Å². The summed E-state index contributed by atoms with van der Waals surface area (Å²) in [6, 6.07) is 6.01. The molecule has 0 radical (unpaired) electrons. The number of ether oxygens (including phenoxy) is 1. The smallest absolute Gasteiger partial charge is 0.387 e. The lowest BCUT2D eigenvalue weighted by molar-refractivity contribution is -0.0498. The Morgan fingerprint density at radius 2 is 1.92 bits per heavy atom. The quantitative estimate of drug-likeness (QED) is 0.847. The number of thiazole rings is 1. The molecule has 1 aliphatic rings. The summed E-state index contributed by atoms with van der Waals surface area (Å²) in [6.45, 7) is 0.559. The molecule has 2 aromatic rings. The Morgan fingerprint density at radius 3 is 2.54 bits per heavy atom. The fourth-order valence-corrected chi connectivity index (χ4v) is 3.39. The number of likely N-dealkylation sites (tertiary alicyclic amines) is 1. The molecule has 5 nitrogen and oxygen atoms in total. The van der Waals surface area contributed by atoms with Crippen molar-refractivity contribution in [1.82, 2.24) is 9.47 Å². The maximum atomic E-state index is 12.2. The fraction of sp³-hybridized carbons (Fsp3) is 0.375. The zero-order valence-corrected chi connectivity index (χ0v) is 13.9. The average molecular weight is 353 g/mol. The molecular weight excluding hydrogens is 336 g/mol. The first-order valence-electron chi connectivity index (χ1n) is 7.61. The van der Waals surface area contributed by atoms with Crippen LogP contribution in [-0.2, 0) is 0 Å². The molecule has 1 aliphatic heterocycles. The fourth-order valence-electron chi connectivity index (χ4n) is 2.57. The van der Waals surface area contributed by atoms with Crippen molar-refractivity contribution in [1.29, 1.82) is 0 Å². The predicted molar refractivity (Wildman–Crippen MR) is 86.8 cm³/mol. The largest absolute Gasteiger partial charge is 0.435 e. The number of nitrogens with zero attached hydrogens (tertiary/aromatic N) is 3. The van der Waals surface area contributed by atoms with E-state index < -0.39 is 6.61 Å². The Hall–Kier alpha value is -2.22. The van der Waals surface area contributed by atoms with Gasteiger partial charge in [0.05, 0.1) is 0 Å². The summed E-state index contributed by atoms with van der Waals surface area (Å²) in [4.78, 5) is 19.8. The Balaban J connectivity index is 1.89. The molecule has 0 spiro atoms. The van der Waals surface area contributed by atoms with E-state index in [9.17, 15) is 13.6 Å². The van der Waals surface area contributed by atoms with Crippen molar-refractivity contribution in [3.05, 3.63) is 40.1 Å². The van der Waals surface area contributed by atoms with E-state index in [0.29, 0.717) is 4.80 Å². The number of aromatic nitrogens is 1. The van der Waals surface area contributed by atoms with Gasteiger partial charge in [0.25, 0.3) is 0 Å². The summed E-state index contributed by atoms with van der Waals surface area (Å²) in [5, 5.41) is 0. The molecule has 1 fully saturated rings. The second-order valence-corrected chi connectivity index (χ2v) is 6.67. The molecule has 128 valence electrons. The number of carbonyl (C=O) groups is 1. The first kappa shape index (κ1) is 16.6. The minimum atomic E-state index is -2.85. The predicted octanol–water partition coefficient (Wildman–Crippen LogP) is 3.57. The number of amides is 2. The number of aryl methyl sites for hydroxylation is 1. The number of rotatable bonds is 3. The third kappa shape index (κ3) is 3.81. The molecule has 2 heterocycles. The Morgan fingerprint density at radius 1 is 1.25 bits per heavy atom. The highest BCUT2D eigenvalue weighted by Gasteiger charge is 2.17. The van der Waals surface area contributed by atoms with Gasteiger partial charge in [-0.15, -0.1) is 11.3 Å². The van der Waals surface area contributed by atoms with Crippen molar-refractivity contribution in [2.24, 2.45) is 4.99 Å². The number of urea groups is 1. The number of halogens is 2.